The Morgan fingerprint density at radius 3 is 2.63 bits per heavy atom. The number of carbonyl (C=O) groups is 1. The summed E-state index contributed by atoms with van der Waals surface area (Å²) < 4.78 is 5.39. The third-order valence-corrected chi connectivity index (χ3v) is 2.73. The van der Waals surface area contributed by atoms with E-state index in [9.17, 15) is 4.79 Å². The Morgan fingerprint density at radius 2 is 2.00 bits per heavy atom. The molecule has 0 spiro atoms. The summed E-state index contributed by atoms with van der Waals surface area (Å²) in [5.41, 5.74) is 1.56. The first-order chi connectivity index (χ1) is 8.96. The second-order valence-corrected chi connectivity index (χ2v) is 5.55. The standard InChI is InChI=1S/C14H19N3O2/c1-14(2,3)19-13(18)17-6-4-5-11(9-17)12-7-15-10-16-8-12/h5,7-8,10H,4,6,9H2,1-3H3. The molecule has 0 unspecified atom stereocenters. The molecule has 1 aliphatic heterocycles. The molecule has 2 heterocycles. The fourth-order valence-electron chi connectivity index (χ4n) is 1.90. The van der Waals surface area contributed by atoms with E-state index in [1.54, 1.807) is 17.3 Å². The quantitative estimate of drug-likeness (QED) is 0.779. The molecule has 102 valence electrons. The number of carbonyl (C=O) groups excluding carboxylic acids is 1. The smallest absolute Gasteiger partial charge is 0.410 e. The monoisotopic (exact) mass is 261 g/mol. The average molecular weight is 261 g/mol. The molecule has 0 fully saturated rings. The lowest BCUT2D eigenvalue weighted by Crippen LogP contribution is -2.39. The minimum absolute atomic E-state index is 0.269. The van der Waals surface area contributed by atoms with Crippen LogP contribution in [0, 0.1) is 0 Å². The van der Waals surface area contributed by atoms with Gasteiger partial charge in [0.15, 0.2) is 0 Å². The number of hydrogen-bond acceptors (Lipinski definition) is 4. The van der Waals surface area contributed by atoms with Crippen LogP contribution in [-0.4, -0.2) is 39.7 Å². The Morgan fingerprint density at radius 1 is 1.32 bits per heavy atom. The number of aromatic nitrogens is 2. The van der Waals surface area contributed by atoms with Crippen molar-refractivity contribution in [3.05, 3.63) is 30.4 Å². The molecule has 2 rings (SSSR count). The van der Waals surface area contributed by atoms with Gasteiger partial charge in [0.05, 0.1) is 0 Å². The van der Waals surface area contributed by atoms with Gasteiger partial charge in [0.2, 0.25) is 0 Å². The van der Waals surface area contributed by atoms with Gasteiger partial charge in [-0.1, -0.05) is 6.08 Å². The molecular formula is C14H19N3O2. The maximum Gasteiger partial charge on any atom is 0.410 e. The van der Waals surface area contributed by atoms with E-state index in [1.165, 1.54) is 6.33 Å². The molecule has 0 N–H and O–H groups in total. The predicted octanol–water partition coefficient (Wildman–Crippen LogP) is 2.50. The Bertz CT molecular complexity index is 477. The lowest BCUT2D eigenvalue weighted by molar-refractivity contribution is 0.0273. The molecule has 0 radical (unpaired) electrons. The molecular weight excluding hydrogens is 242 g/mol. The summed E-state index contributed by atoms with van der Waals surface area (Å²) in [5, 5.41) is 0. The van der Waals surface area contributed by atoms with Crippen molar-refractivity contribution in [1.29, 1.82) is 0 Å². The molecule has 0 saturated carbocycles. The molecule has 19 heavy (non-hydrogen) atoms. The van der Waals surface area contributed by atoms with Crippen LogP contribution in [0.5, 0.6) is 0 Å². The van der Waals surface area contributed by atoms with Crippen molar-refractivity contribution in [2.75, 3.05) is 13.1 Å². The van der Waals surface area contributed by atoms with E-state index in [0.29, 0.717) is 13.1 Å². The van der Waals surface area contributed by atoms with Gasteiger partial charge in [-0.15, -0.1) is 0 Å². The fraction of sp³-hybridized carbons (Fsp3) is 0.500. The number of ether oxygens (including phenoxy) is 1. The molecule has 1 aromatic heterocycles. The van der Waals surface area contributed by atoms with Crippen LogP contribution < -0.4 is 0 Å². The van der Waals surface area contributed by atoms with E-state index in [1.807, 2.05) is 20.8 Å². The first-order valence-electron chi connectivity index (χ1n) is 6.38. The van der Waals surface area contributed by atoms with Crippen LogP contribution in [0.15, 0.2) is 24.8 Å². The summed E-state index contributed by atoms with van der Waals surface area (Å²) in [6, 6.07) is 0. The lowest BCUT2D eigenvalue weighted by Gasteiger charge is -2.30. The molecule has 1 amide bonds. The van der Waals surface area contributed by atoms with E-state index in [2.05, 4.69) is 16.0 Å². The topological polar surface area (TPSA) is 55.3 Å². The van der Waals surface area contributed by atoms with Gasteiger partial charge in [-0.2, -0.15) is 0 Å². The molecule has 0 atom stereocenters. The maximum absolute atomic E-state index is 12.0. The van der Waals surface area contributed by atoms with Crippen LogP contribution in [0.25, 0.3) is 5.57 Å². The van der Waals surface area contributed by atoms with Gasteiger partial charge in [-0.3, -0.25) is 0 Å². The SMILES string of the molecule is CC(C)(C)OC(=O)N1CCC=C(c2cncnc2)C1. The molecule has 0 aromatic carbocycles. The van der Waals surface area contributed by atoms with Crippen molar-refractivity contribution in [3.8, 4) is 0 Å². The summed E-state index contributed by atoms with van der Waals surface area (Å²) >= 11 is 0. The molecule has 1 aromatic rings. The van der Waals surface area contributed by atoms with E-state index in [-0.39, 0.29) is 6.09 Å². The first kappa shape index (κ1) is 13.5. The second-order valence-electron chi connectivity index (χ2n) is 5.55. The minimum Gasteiger partial charge on any atom is -0.444 e. The van der Waals surface area contributed by atoms with Crippen molar-refractivity contribution in [3.63, 3.8) is 0 Å². The Labute approximate surface area is 113 Å². The van der Waals surface area contributed by atoms with E-state index in [4.69, 9.17) is 4.74 Å². The normalized spacial score (nSPS) is 15.9. The predicted molar refractivity (Wildman–Crippen MR) is 72.4 cm³/mol. The number of rotatable bonds is 1. The third-order valence-electron chi connectivity index (χ3n) is 2.73. The highest BCUT2D eigenvalue weighted by molar-refractivity contribution is 5.74. The Hall–Kier alpha value is -1.91. The molecule has 0 aliphatic carbocycles. The molecule has 5 nitrogen and oxygen atoms in total. The van der Waals surface area contributed by atoms with Gasteiger partial charge >= 0.3 is 6.09 Å². The largest absolute Gasteiger partial charge is 0.444 e. The highest BCUT2D eigenvalue weighted by Crippen LogP contribution is 2.21. The molecule has 5 heteroatoms. The molecule has 0 saturated heterocycles. The minimum atomic E-state index is -0.464. The van der Waals surface area contributed by atoms with Gasteiger partial charge < -0.3 is 9.64 Å². The van der Waals surface area contributed by atoms with Crippen LogP contribution in [0.2, 0.25) is 0 Å². The summed E-state index contributed by atoms with van der Waals surface area (Å²) in [6.45, 7) is 6.85. The first-order valence-corrected chi connectivity index (χ1v) is 6.38. The van der Waals surface area contributed by atoms with Gasteiger partial charge in [0, 0.05) is 31.0 Å². The Balaban J connectivity index is 2.05. The zero-order valence-corrected chi connectivity index (χ0v) is 11.6. The van der Waals surface area contributed by atoms with Crippen LogP contribution in [0.1, 0.15) is 32.8 Å². The summed E-state index contributed by atoms with van der Waals surface area (Å²) in [4.78, 5) is 21.8. The van der Waals surface area contributed by atoms with E-state index in [0.717, 1.165) is 17.6 Å². The average Bonchev–Trinajstić information content (AvgIpc) is 2.38. The zero-order valence-electron chi connectivity index (χ0n) is 11.6. The number of nitrogens with zero attached hydrogens (tertiary/aromatic N) is 3. The van der Waals surface area contributed by atoms with Crippen molar-refractivity contribution in [2.24, 2.45) is 0 Å². The third kappa shape index (κ3) is 3.77. The van der Waals surface area contributed by atoms with Crippen LogP contribution in [0.4, 0.5) is 4.79 Å². The Kier molecular flexibility index (Phi) is 3.83. The van der Waals surface area contributed by atoms with Crippen molar-refractivity contribution in [2.45, 2.75) is 32.8 Å². The van der Waals surface area contributed by atoms with Gasteiger partial charge in [-0.25, -0.2) is 14.8 Å². The zero-order chi connectivity index (χ0) is 13.9. The molecule has 0 bridgehead atoms. The van der Waals surface area contributed by atoms with Crippen molar-refractivity contribution < 1.29 is 9.53 Å². The van der Waals surface area contributed by atoms with Crippen LogP contribution in [-0.2, 0) is 4.74 Å². The highest BCUT2D eigenvalue weighted by Gasteiger charge is 2.24. The summed E-state index contributed by atoms with van der Waals surface area (Å²) in [6.07, 6.45) is 7.70. The van der Waals surface area contributed by atoms with E-state index < -0.39 is 5.60 Å². The van der Waals surface area contributed by atoms with E-state index >= 15 is 0 Å². The summed E-state index contributed by atoms with van der Waals surface area (Å²) in [7, 11) is 0. The van der Waals surface area contributed by atoms with Crippen molar-refractivity contribution >= 4 is 11.7 Å². The molecule has 1 aliphatic rings. The van der Waals surface area contributed by atoms with Crippen molar-refractivity contribution in [1.82, 2.24) is 14.9 Å². The van der Waals surface area contributed by atoms with Crippen LogP contribution in [0.3, 0.4) is 0 Å². The highest BCUT2D eigenvalue weighted by atomic mass is 16.6. The fourth-order valence-corrected chi connectivity index (χ4v) is 1.90. The lowest BCUT2D eigenvalue weighted by atomic mass is 10.0. The van der Waals surface area contributed by atoms with Crippen LogP contribution >= 0.6 is 0 Å². The van der Waals surface area contributed by atoms with Gasteiger partial charge in [0.1, 0.15) is 11.9 Å². The summed E-state index contributed by atoms with van der Waals surface area (Å²) in [5.74, 6) is 0. The number of hydrogen-bond donors (Lipinski definition) is 0. The maximum atomic E-state index is 12.0. The van der Waals surface area contributed by atoms with Gasteiger partial charge in [0.25, 0.3) is 0 Å². The second kappa shape index (κ2) is 5.38. The number of amides is 1. The van der Waals surface area contributed by atoms with Gasteiger partial charge in [-0.05, 0) is 32.8 Å².